The quantitative estimate of drug-likeness (QED) is 0.849. The molecule has 0 atom stereocenters. The molecule has 0 aromatic heterocycles. The van der Waals surface area contributed by atoms with Crippen LogP contribution in [0.15, 0.2) is 18.2 Å². The molecule has 0 unspecified atom stereocenters. The molecule has 1 fully saturated rings. The fourth-order valence-electron chi connectivity index (χ4n) is 2.18. The summed E-state index contributed by atoms with van der Waals surface area (Å²) in [6.45, 7) is 0.665. The van der Waals surface area contributed by atoms with Crippen LogP contribution in [0.4, 0.5) is 15.8 Å². The average Bonchev–Trinajstić information content (AvgIpc) is 2.78. The molecule has 1 aliphatic heterocycles. The SMILES string of the molecule is NCCCC(=O)Nc1ccc(F)c(N2CCCS2(=O)=O)c1. The van der Waals surface area contributed by atoms with Crippen LogP contribution >= 0.6 is 0 Å². The Morgan fingerprint density at radius 2 is 2.19 bits per heavy atom. The molecule has 0 saturated carbocycles. The first-order chi connectivity index (χ1) is 9.94. The number of sulfonamides is 1. The van der Waals surface area contributed by atoms with E-state index in [9.17, 15) is 17.6 Å². The first-order valence-electron chi connectivity index (χ1n) is 6.74. The van der Waals surface area contributed by atoms with Gasteiger partial charge in [-0.25, -0.2) is 12.8 Å². The van der Waals surface area contributed by atoms with Gasteiger partial charge in [0.15, 0.2) is 0 Å². The predicted molar refractivity (Wildman–Crippen MR) is 79.1 cm³/mol. The van der Waals surface area contributed by atoms with Gasteiger partial charge >= 0.3 is 0 Å². The first-order valence-corrected chi connectivity index (χ1v) is 8.35. The Balaban J connectivity index is 2.20. The second kappa shape index (κ2) is 6.40. The zero-order valence-electron chi connectivity index (χ0n) is 11.5. The van der Waals surface area contributed by atoms with Crippen molar-refractivity contribution in [3.05, 3.63) is 24.0 Å². The van der Waals surface area contributed by atoms with E-state index in [1.165, 1.54) is 12.1 Å². The van der Waals surface area contributed by atoms with Gasteiger partial charge in [0.2, 0.25) is 15.9 Å². The van der Waals surface area contributed by atoms with Crippen LogP contribution in [-0.4, -0.2) is 33.2 Å². The lowest BCUT2D eigenvalue weighted by Crippen LogP contribution is -2.26. The molecule has 1 aliphatic rings. The molecule has 1 saturated heterocycles. The molecular weight excluding hydrogens is 297 g/mol. The highest BCUT2D eigenvalue weighted by molar-refractivity contribution is 7.93. The molecule has 1 amide bonds. The Morgan fingerprint density at radius 3 is 2.81 bits per heavy atom. The molecule has 0 radical (unpaired) electrons. The van der Waals surface area contributed by atoms with Crippen molar-refractivity contribution in [1.82, 2.24) is 0 Å². The van der Waals surface area contributed by atoms with Crippen LogP contribution in [0.5, 0.6) is 0 Å². The van der Waals surface area contributed by atoms with E-state index in [1.807, 2.05) is 0 Å². The number of benzene rings is 1. The van der Waals surface area contributed by atoms with Gasteiger partial charge in [0.25, 0.3) is 0 Å². The second-order valence-electron chi connectivity index (χ2n) is 4.85. The molecular formula is C13H18FN3O3S. The van der Waals surface area contributed by atoms with Crippen molar-refractivity contribution >= 4 is 27.3 Å². The minimum atomic E-state index is -3.46. The highest BCUT2D eigenvalue weighted by Gasteiger charge is 2.30. The van der Waals surface area contributed by atoms with E-state index in [4.69, 9.17) is 5.73 Å². The first kappa shape index (κ1) is 15.7. The van der Waals surface area contributed by atoms with Crippen molar-refractivity contribution in [2.45, 2.75) is 19.3 Å². The van der Waals surface area contributed by atoms with Gasteiger partial charge in [0.05, 0.1) is 11.4 Å². The van der Waals surface area contributed by atoms with E-state index in [0.717, 1.165) is 10.4 Å². The molecule has 1 aromatic carbocycles. The number of rotatable bonds is 5. The van der Waals surface area contributed by atoms with Crippen LogP contribution < -0.4 is 15.4 Å². The zero-order valence-corrected chi connectivity index (χ0v) is 12.3. The number of carbonyl (C=O) groups excluding carboxylic acids is 1. The highest BCUT2D eigenvalue weighted by atomic mass is 32.2. The van der Waals surface area contributed by atoms with Crippen molar-refractivity contribution < 1.29 is 17.6 Å². The van der Waals surface area contributed by atoms with Gasteiger partial charge in [-0.1, -0.05) is 0 Å². The van der Waals surface area contributed by atoms with Crippen molar-refractivity contribution in [3.8, 4) is 0 Å². The fourth-order valence-corrected chi connectivity index (χ4v) is 3.74. The molecule has 6 nitrogen and oxygen atoms in total. The van der Waals surface area contributed by atoms with E-state index >= 15 is 0 Å². The standard InChI is InChI=1S/C13H18FN3O3S/c14-11-5-4-10(16-13(18)3-1-6-15)9-12(11)17-7-2-8-21(17,19)20/h4-5,9H,1-3,6-8,15H2,(H,16,18). The third-order valence-electron chi connectivity index (χ3n) is 3.21. The summed E-state index contributed by atoms with van der Waals surface area (Å²) < 4.78 is 38.6. The Bertz CT molecular complexity index is 634. The van der Waals surface area contributed by atoms with Crippen LogP contribution in [0.2, 0.25) is 0 Å². The van der Waals surface area contributed by atoms with Crippen LogP contribution in [-0.2, 0) is 14.8 Å². The molecule has 1 heterocycles. The Kier molecular flexibility index (Phi) is 4.79. The number of hydrogen-bond acceptors (Lipinski definition) is 4. The van der Waals surface area contributed by atoms with Crippen LogP contribution in [0.1, 0.15) is 19.3 Å². The smallest absolute Gasteiger partial charge is 0.235 e. The molecule has 8 heteroatoms. The zero-order chi connectivity index (χ0) is 15.5. The Morgan fingerprint density at radius 1 is 1.43 bits per heavy atom. The third kappa shape index (κ3) is 3.70. The normalized spacial score (nSPS) is 17.0. The number of hydrogen-bond donors (Lipinski definition) is 2. The Labute approximate surface area is 123 Å². The number of anilines is 2. The van der Waals surface area contributed by atoms with Gasteiger partial charge in [-0.05, 0) is 37.6 Å². The van der Waals surface area contributed by atoms with E-state index in [1.54, 1.807) is 0 Å². The topological polar surface area (TPSA) is 92.5 Å². The highest BCUT2D eigenvalue weighted by Crippen LogP contribution is 2.29. The molecule has 0 spiro atoms. The van der Waals surface area contributed by atoms with Crippen molar-refractivity contribution in [2.24, 2.45) is 5.73 Å². The van der Waals surface area contributed by atoms with Gasteiger partial charge in [-0.2, -0.15) is 0 Å². The maximum atomic E-state index is 13.9. The van der Waals surface area contributed by atoms with E-state index in [0.29, 0.717) is 25.1 Å². The van der Waals surface area contributed by atoms with Gasteiger partial charge in [-0.15, -0.1) is 0 Å². The molecule has 2 rings (SSSR count). The summed E-state index contributed by atoms with van der Waals surface area (Å²) in [6, 6.07) is 3.90. The predicted octanol–water partition coefficient (Wildman–Crippen LogP) is 1.04. The minimum absolute atomic E-state index is 0.0134. The molecule has 0 aliphatic carbocycles. The maximum absolute atomic E-state index is 13.9. The number of nitrogens with zero attached hydrogens (tertiary/aromatic N) is 1. The molecule has 1 aromatic rings. The molecule has 3 N–H and O–H groups in total. The van der Waals surface area contributed by atoms with Crippen LogP contribution in [0.3, 0.4) is 0 Å². The van der Waals surface area contributed by atoms with E-state index in [2.05, 4.69) is 5.32 Å². The van der Waals surface area contributed by atoms with Crippen molar-refractivity contribution in [1.29, 1.82) is 0 Å². The van der Waals surface area contributed by atoms with Gasteiger partial charge in [-0.3, -0.25) is 9.10 Å². The second-order valence-corrected chi connectivity index (χ2v) is 6.86. The number of nitrogens with two attached hydrogens (primary N) is 1. The number of carbonyl (C=O) groups is 1. The lowest BCUT2D eigenvalue weighted by molar-refractivity contribution is -0.116. The lowest BCUT2D eigenvalue weighted by atomic mass is 10.2. The number of amides is 1. The number of nitrogens with one attached hydrogen (secondary N) is 1. The summed E-state index contributed by atoms with van der Waals surface area (Å²) in [7, 11) is -3.46. The van der Waals surface area contributed by atoms with Crippen molar-refractivity contribution in [2.75, 3.05) is 28.5 Å². The molecule has 0 bridgehead atoms. The summed E-state index contributed by atoms with van der Waals surface area (Å²) in [5.74, 6) is -0.845. The van der Waals surface area contributed by atoms with Gasteiger partial charge in [0, 0.05) is 18.7 Å². The molecule has 21 heavy (non-hydrogen) atoms. The maximum Gasteiger partial charge on any atom is 0.235 e. The summed E-state index contributed by atoms with van der Waals surface area (Å²) in [4.78, 5) is 11.6. The molecule has 116 valence electrons. The van der Waals surface area contributed by atoms with Gasteiger partial charge in [0.1, 0.15) is 5.82 Å². The van der Waals surface area contributed by atoms with E-state index < -0.39 is 15.8 Å². The minimum Gasteiger partial charge on any atom is -0.330 e. The van der Waals surface area contributed by atoms with Gasteiger partial charge < -0.3 is 11.1 Å². The monoisotopic (exact) mass is 315 g/mol. The third-order valence-corrected chi connectivity index (χ3v) is 5.06. The summed E-state index contributed by atoms with van der Waals surface area (Å²) in [5, 5.41) is 2.61. The van der Waals surface area contributed by atoms with E-state index in [-0.39, 0.29) is 30.3 Å². The number of halogens is 1. The average molecular weight is 315 g/mol. The lowest BCUT2D eigenvalue weighted by Gasteiger charge is -2.18. The van der Waals surface area contributed by atoms with Crippen LogP contribution in [0, 0.1) is 5.82 Å². The summed E-state index contributed by atoms with van der Waals surface area (Å²) in [6.07, 6.45) is 1.29. The Hall–Kier alpha value is -1.67. The summed E-state index contributed by atoms with van der Waals surface area (Å²) >= 11 is 0. The largest absolute Gasteiger partial charge is 0.330 e. The fraction of sp³-hybridized carbons (Fsp3) is 0.462. The van der Waals surface area contributed by atoms with Crippen molar-refractivity contribution in [3.63, 3.8) is 0 Å². The summed E-state index contributed by atoms with van der Waals surface area (Å²) in [5.41, 5.74) is 5.67. The van der Waals surface area contributed by atoms with Crippen LogP contribution in [0.25, 0.3) is 0 Å².